The highest BCUT2D eigenvalue weighted by molar-refractivity contribution is 6.08. The normalized spacial score (nSPS) is 13.9. The van der Waals surface area contributed by atoms with Crippen molar-refractivity contribution < 1.29 is 19.8 Å². The first kappa shape index (κ1) is 14.1. The topological polar surface area (TPSA) is 102 Å². The van der Waals surface area contributed by atoms with Crippen molar-refractivity contribution in [2.75, 3.05) is 6.54 Å². The Balaban J connectivity index is 2.24. The zero-order chi connectivity index (χ0) is 14.9. The van der Waals surface area contributed by atoms with E-state index in [1.807, 2.05) is 24.3 Å². The number of aromatic nitrogens is 1. The van der Waals surface area contributed by atoms with Gasteiger partial charge in [0, 0.05) is 16.6 Å². The van der Waals surface area contributed by atoms with E-state index in [1.54, 1.807) is 6.92 Å². The fraction of sp³-hybridized carbons (Fsp3) is 0.286. The van der Waals surface area contributed by atoms with Gasteiger partial charge in [-0.15, -0.1) is 0 Å². The zero-order valence-corrected chi connectivity index (χ0v) is 11.2. The lowest BCUT2D eigenvalue weighted by molar-refractivity contribution is -0.155. The Hall–Kier alpha value is -2.34. The lowest BCUT2D eigenvalue weighted by Crippen LogP contribution is -2.46. The van der Waals surface area contributed by atoms with Gasteiger partial charge in [-0.25, -0.2) is 4.79 Å². The first-order valence-electron chi connectivity index (χ1n) is 6.14. The number of benzene rings is 1. The summed E-state index contributed by atoms with van der Waals surface area (Å²) in [4.78, 5) is 26.1. The van der Waals surface area contributed by atoms with Crippen molar-refractivity contribution in [1.29, 1.82) is 0 Å². The molecule has 0 bridgehead atoms. The SMILES string of the molecule is Cc1[nH]c2ccccc2c1C(=O)NCC(C)(O)C(=O)O. The summed E-state index contributed by atoms with van der Waals surface area (Å²) in [5.41, 5.74) is -0.00373. The van der Waals surface area contributed by atoms with Gasteiger partial charge in [0.05, 0.1) is 12.1 Å². The van der Waals surface area contributed by atoms with Crippen LogP contribution in [0.25, 0.3) is 10.9 Å². The molecule has 1 amide bonds. The monoisotopic (exact) mass is 276 g/mol. The van der Waals surface area contributed by atoms with Crippen LogP contribution in [0.15, 0.2) is 24.3 Å². The number of H-pyrrole nitrogens is 1. The zero-order valence-electron chi connectivity index (χ0n) is 11.2. The third-order valence-corrected chi connectivity index (χ3v) is 3.17. The highest BCUT2D eigenvalue weighted by Crippen LogP contribution is 2.21. The van der Waals surface area contributed by atoms with E-state index in [0.29, 0.717) is 11.3 Å². The van der Waals surface area contributed by atoms with E-state index in [2.05, 4.69) is 10.3 Å². The molecule has 1 heterocycles. The average Bonchev–Trinajstić information content (AvgIpc) is 2.71. The minimum Gasteiger partial charge on any atom is -0.479 e. The lowest BCUT2D eigenvalue weighted by atomic mass is 10.1. The second-order valence-electron chi connectivity index (χ2n) is 4.93. The largest absolute Gasteiger partial charge is 0.479 e. The van der Waals surface area contributed by atoms with Crippen LogP contribution < -0.4 is 5.32 Å². The van der Waals surface area contributed by atoms with Crippen LogP contribution in [0, 0.1) is 6.92 Å². The standard InChI is InChI=1S/C14H16N2O4/c1-8-11(9-5-3-4-6-10(9)16-8)12(17)15-7-14(2,20)13(18)19/h3-6,16,20H,7H2,1-2H3,(H,15,17)(H,18,19). The number of carboxylic acid groups (broad SMARTS) is 1. The number of aromatic amines is 1. The Bertz CT molecular complexity index is 673. The second-order valence-corrected chi connectivity index (χ2v) is 4.93. The number of nitrogens with one attached hydrogen (secondary N) is 2. The third kappa shape index (κ3) is 2.50. The van der Waals surface area contributed by atoms with Gasteiger partial charge in [-0.2, -0.15) is 0 Å². The number of aliphatic carboxylic acids is 1. The summed E-state index contributed by atoms with van der Waals surface area (Å²) >= 11 is 0. The van der Waals surface area contributed by atoms with Crippen molar-refractivity contribution in [1.82, 2.24) is 10.3 Å². The molecule has 1 aromatic heterocycles. The van der Waals surface area contributed by atoms with Crippen LogP contribution in [0.2, 0.25) is 0 Å². The third-order valence-electron chi connectivity index (χ3n) is 3.17. The van der Waals surface area contributed by atoms with Crippen LogP contribution in [-0.2, 0) is 4.79 Å². The van der Waals surface area contributed by atoms with E-state index in [1.165, 1.54) is 0 Å². The number of rotatable bonds is 4. The van der Waals surface area contributed by atoms with Gasteiger partial charge in [-0.05, 0) is 19.9 Å². The molecule has 0 aliphatic carbocycles. The molecule has 6 nitrogen and oxygen atoms in total. The molecule has 0 radical (unpaired) electrons. The van der Waals surface area contributed by atoms with Gasteiger partial charge >= 0.3 is 5.97 Å². The minimum atomic E-state index is -1.99. The molecule has 2 aromatic rings. The Morgan fingerprint density at radius 3 is 2.65 bits per heavy atom. The maximum Gasteiger partial charge on any atom is 0.337 e. The molecular weight excluding hydrogens is 260 g/mol. The fourth-order valence-electron chi connectivity index (χ4n) is 1.99. The van der Waals surface area contributed by atoms with Crippen LogP contribution in [0.4, 0.5) is 0 Å². The van der Waals surface area contributed by atoms with Gasteiger partial charge in [0.15, 0.2) is 5.60 Å². The number of aryl methyl sites for hydroxylation is 1. The van der Waals surface area contributed by atoms with Gasteiger partial charge in [-0.1, -0.05) is 18.2 Å². The van der Waals surface area contributed by atoms with E-state index < -0.39 is 17.5 Å². The van der Waals surface area contributed by atoms with Gasteiger partial charge in [0.1, 0.15) is 0 Å². The van der Waals surface area contributed by atoms with Gasteiger partial charge in [0.2, 0.25) is 0 Å². The number of aliphatic hydroxyl groups is 1. The Kier molecular flexibility index (Phi) is 3.50. The van der Waals surface area contributed by atoms with E-state index in [-0.39, 0.29) is 6.54 Å². The minimum absolute atomic E-state index is 0.361. The van der Waals surface area contributed by atoms with Crippen LogP contribution in [-0.4, -0.2) is 39.2 Å². The van der Waals surface area contributed by atoms with Crippen molar-refractivity contribution in [2.45, 2.75) is 19.4 Å². The summed E-state index contributed by atoms with van der Waals surface area (Å²) in [6.45, 7) is 2.54. The van der Waals surface area contributed by atoms with Crippen molar-refractivity contribution in [3.8, 4) is 0 Å². The summed E-state index contributed by atoms with van der Waals surface area (Å²) < 4.78 is 0. The predicted octanol–water partition coefficient (Wildman–Crippen LogP) is 1.04. The van der Waals surface area contributed by atoms with E-state index >= 15 is 0 Å². The van der Waals surface area contributed by atoms with E-state index in [9.17, 15) is 14.7 Å². The molecular formula is C14H16N2O4. The molecule has 1 aromatic carbocycles. The highest BCUT2D eigenvalue weighted by Gasteiger charge is 2.30. The van der Waals surface area contributed by atoms with Crippen LogP contribution >= 0.6 is 0 Å². The summed E-state index contributed by atoms with van der Waals surface area (Å²) in [6, 6.07) is 7.34. The summed E-state index contributed by atoms with van der Waals surface area (Å²) in [5.74, 6) is -1.80. The molecule has 20 heavy (non-hydrogen) atoms. The van der Waals surface area contributed by atoms with Gasteiger partial charge in [0.25, 0.3) is 5.91 Å². The number of hydrogen-bond acceptors (Lipinski definition) is 3. The second kappa shape index (κ2) is 4.97. The Morgan fingerprint density at radius 2 is 2.00 bits per heavy atom. The predicted molar refractivity (Wildman–Crippen MR) is 73.6 cm³/mol. The quantitative estimate of drug-likeness (QED) is 0.670. The molecule has 0 aliphatic heterocycles. The van der Waals surface area contributed by atoms with Crippen molar-refractivity contribution in [3.63, 3.8) is 0 Å². The number of carbonyl (C=O) groups is 2. The number of carboxylic acids is 1. The molecule has 0 fully saturated rings. The molecule has 4 N–H and O–H groups in total. The molecule has 106 valence electrons. The van der Waals surface area contributed by atoms with E-state index in [4.69, 9.17) is 5.11 Å². The van der Waals surface area contributed by atoms with Gasteiger partial charge < -0.3 is 20.5 Å². The first-order valence-corrected chi connectivity index (χ1v) is 6.14. The maximum atomic E-state index is 12.2. The van der Waals surface area contributed by atoms with Gasteiger partial charge in [-0.3, -0.25) is 4.79 Å². The molecule has 6 heteroatoms. The van der Waals surface area contributed by atoms with Crippen LogP contribution in [0.3, 0.4) is 0 Å². The summed E-state index contributed by atoms with van der Waals surface area (Å²) in [5, 5.41) is 21.6. The highest BCUT2D eigenvalue weighted by atomic mass is 16.4. The summed E-state index contributed by atoms with van der Waals surface area (Å²) in [7, 11) is 0. The van der Waals surface area contributed by atoms with Crippen molar-refractivity contribution >= 4 is 22.8 Å². The molecule has 1 atom stereocenters. The molecule has 0 spiro atoms. The number of hydrogen-bond donors (Lipinski definition) is 4. The number of para-hydroxylation sites is 1. The van der Waals surface area contributed by atoms with Crippen LogP contribution in [0.1, 0.15) is 23.0 Å². The maximum absolute atomic E-state index is 12.2. The lowest BCUT2D eigenvalue weighted by Gasteiger charge is -2.18. The Labute approximate surface area is 115 Å². The molecule has 0 saturated heterocycles. The van der Waals surface area contributed by atoms with Crippen molar-refractivity contribution in [2.24, 2.45) is 0 Å². The molecule has 2 rings (SSSR count). The molecule has 0 saturated carbocycles. The fourth-order valence-corrected chi connectivity index (χ4v) is 1.99. The number of amides is 1. The van der Waals surface area contributed by atoms with E-state index in [0.717, 1.165) is 17.8 Å². The first-order chi connectivity index (χ1) is 9.33. The molecule has 0 aliphatic rings. The average molecular weight is 276 g/mol. The smallest absolute Gasteiger partial charge is 0.337 e. The number of fused-ring (bicyclic) bond motifs is 1. The molecule has 1 unspecified atom stereocenters. The Morgan fingerprint density at radius 1 is 1.35 bits per heavy atom. The number of carbonyl (C=O) groups excluding carboxylic acids is 1. The van der Waals surface area contributed by atoms with Crippen LogP contribution in [0.5, 0.6) is 0 Å². The van der Waals surface area contributed by atoms with Crippen molar-refractivity contribution in [3.05, 3.63) is 35.5 Å². The summed E-state index contributed by atoms with van der Waals surface area (Å²) in [6.07, 6.45) is 0.